The normalized spacial score (nSPS) is 21.5. The lowest BCUT2D eigenvalue weighted by Crippen LogP contribution is -2.27. The van der Waals surface area contributed by atoms with Crippen molar-refractivity contribution in [3.8, 4) is 22.0 Å². The summed E-state index contributed by atoms with van der Waals surface area (Å²) in [6, 6.07) is 9.33. The average molecular weight is 507 g/mol. The molecule has 4 heterocycles. The number of hydrogen-bond donors (Lipinski definition) is 0. The predicted molar refractivity (Wildman–Crippen MR) is 140 cm³/mol. The highest BCUT2D eigenvalue weighted by atomic mass is 32.2. The lowest BCUT2D eigenvalue weighted by molar-refractivity contribution is 0.299. The number of piperidine rings is 1. The van der Waals surface area contributed by atoms with Crippen molar-refractivity contribution in [2.24, 2.45) is 13.0 Å². The van der Waals surface area contributed by atoms with Gasteiger partial charge in [0.05, 0.1) is 21.3 Å². The number of thioether (sulfide) groups is 1. The van der Waals surface area contributed by atoms with E-state index in [1.54, 1.807) is 23.1 Å². The van der Waals surface area contributed by atoms with E-state index in [-0.39, 0.29) is 0 Å². The van der Waals surface area contributed by atoms with Crippen LogP contribution in [-0.2, 0) is 12.5 Å². The van der Waals surface area contributed by atoms with E-state index in [1.807, 2.05) is 18.5 Å². The maximum absolute atomic E-state index is 5.48. The predicted octanol–water partition coefficient (Wildman–Crippen LogP) is 5.27. The van der Waals surface area contributed by atoms with Gasteiger partial charge in [-0.1, -0.05) is 36.0 Å². The Morgan fingerprint density at radius 2 is 1.97 bits per heavy atom. The Kier molecular flexibility index (Phi) is 5.81. The van der Waals surface area contributed by atoms with E-state index in [9.17, 15) is 0 Å². The maximum atomic E-state index is 5.48. The van der Waals surface area contributed by atoms with Gasteiger partial charge in [-0.25, -0.2) is 9.97 Å². The molecule has 35 heavy (non-hydrogen) atoms. The minimum atomic E-state index is 0.373. The Hall–Kier alpha value is -2.49. The molecule has 6 rings (SSSR count). The summed E-state index contributed by atoms with van der Waals surface area (Å²) in [4.78, 5) is 12.7. The van der Waals surface area contributed by atoms with Crippen LogP contribution in [-0.4, -0.2) is 55.0 Å². The number of aromatic nitrogens is 5. The standard InChI is InChI=1S/C26H30N6OS2/c1-16-22(33-15-27-16)24-29-30-25(31(24)4)34-11-5-10-32-13-21-12-26(21,14-32)20-8-6-19(7-9-20)23-17(2)28-18(3)35-23/h6-9,15,21H,5,10-14H2,1-4H3. The molecule has 0 N–H and O–H groups in total. The van der Waals surface area contributed by atoms with E-state index in [1.165, 1.54) is 41.9 Å². The summed E-state index contributed by atoms with van der Waals surface area (Å²) in [7, 11) is 1.99. The molecule has 3 aromatic heterocycles. The van der Waals surface area contributed by atoms with Gasteiger partial charge in [0.15, 0.2) is 17.3 Å². The second kappa shape index (κ2) is 8.87. The molecule has 2 fully saturated rings. The molecule has 2 atom stereocenters. The van der Waals surface area contributed by atoms with E-state index >= 15 is 0 Å². The van der Waals surface area contributed by atoms with Crippen LogP contribution in [0.1, 0.15) is 34.8 Å². The number of fused-ring (bicyclic) bond motifs is 1. The van der Waals surface area contributed by atoms with Gasteiger partial charge in [-0.15, -0.1) is 21.5 Å². The van der Waals surface area contributed by atoms with Gasteiger partial charge in [-0.05, 0) is 57.2 Å². The second-order valence-corrected chi connectivity index (χ2v) is 12.1. The molecule has 1 aromatic carbocycles. The Balaban J connectivity index is 1.02. The number of nitrogens with zero attached hydrogens (tertiary/aromatic N) is 6. The molecule has 182 valence electrons. The van der Waals surface area contributed by atoms with Gasteiger partial charge < -0.3 is 13.9 Å². The smallest absolute Gasteiger partial charge is 0.202 e. The lowest BCUT2D eigenvalue weighted by atomic mass is 9.94. The first kappa shape index (κ1) is 22.9. The van der Waals surface area contributed by atoms with Crippen molar-refractivity contribution in [3.05, 3.63) is 52.6 Å². The fraction of sp³-hybridized carbons (Fsp3) is 0.462. The van der Waals surface area contributed by atoms with Crippen molar-refractivity contribution in [1.29, 1.82) is 0 Å². The minimum Gasteiger partial charge on any atom is -0.440 e. The fourth-order valence-corrected chi connectivity index (χ4v) is 7.32. The summed E-state index contributed by atoms with van der Waals surface area (Å²) in [5, 5.41) is 10.7. The van der Waals surface area contributed by atoms with Crippen molar-refractivity contribution < 1.29 is 4.42 Å². The molecule has 9 heteroatoms. The topological polar surface area (TPSA) is 72.9 Å². The first-order valence-corrected chi connectivity index (χ1v) is 13.9. The first-order valence-electron chi connectivity index (χ1n) is 12.1. The van der Waals surface area contributed by atoms with Crippen molar-refractivity contribution in [3.63, 3.8) is 0 Å². The number of hydrogen-bond acceptors (Lipinski definition) is 8. The Morgan fingerprint density at radius 3 is 2.69 bits per heavy atom. The number of thiazole rings is 1. The molecule has 1 saturated carbocycles. The molecule has 1 saturated heterocycles. The van der Waals surface area contributed by atoms with Crippen molar-refractivity contribution in [2.45, 2.75) is 44.2 Å². The molecule has 1 aliphatic heterocycles. The molecule has 2 unspecified atom stereocenters. The lowest BCUT2D eigenvalue weighted by Gasteiger charge is -2.21. The summed E-state index contributed by atoms with van der Waals surface area (Å²) in [5.41, 5.74) is 5.15. The van der Waals surface area contributed by atoms with Gasteiger partial charge in [0.1, 0.15) is 0 Å². The molecular formula is C26H30N6OS2. The first-order chi connectivity index (χ1) is 16.9. The van der Waals surface area contributed by atoms with Crippen LogP contribution in [0.4, 0.5) is 0 Å². The quantitative estimate of drug-likeness (QED) is 0.238. The van der Waals surface area contributed by atoms with E-state index in [0.29, 0.717) is 11.2 Å². The third-order valence-electron chi connectivity index (χ3n) is 7.48. The Bertz CT molecular complexity index is 1360. The maximum Gasteiger partial charge on any atom is 0.202 e. The highest BCUT2D eigenvalue weighted by molar-refractivity contribution is 7.99. The second-order valence-electron chi connectivity index (χ2n) is 9.85. The van der Waals surface area contributed by atoms with E-state index in [2.05, 4.69) is 63.2 Å². The third-order valence-corrected chi connectivity index (χ3v) is 9.70. The zero-order chi connectivity index (χ0) is 24.2. The Labute approximate surface area is 214 Å². The van der Waals surface area contributed by atoms with Crippen LogP contribution < -0.4 is 0 Å². The van der Waals surface area contributed by atoms with Crippen molar-refractivity contribution >= 4 is 23.1 Å². The van der Waals surface area contributed by atoms with Crippen molar-refractivity contribution in [1.82, 2.24) is 29.6 Å². The molecule has 1 aliphatic carbocycles. The van der Waals surface area contributed by atoms with Crippen molar-refractivity contribution in [2.75, 3.05) is 25.4 Å². The van der Waals surface area contributed by atoms with E-state index in [4.69, 9.17) is 4.42 Å². The van der Waals surface area contributed by atoms with Crippen LogP contribution in [0, 0.1) is 26.7 Å². The van der Waals surface area contributed by atoms with Gasteiger partial charge in [0, 0.05) is 31.3 Å². The molecule has 0 bridgehead atoms. The molecule has 7 nitrogen and oxygen atoms in total. The van der Waals surface area contributed by atoms with Gasteiger partial charge in [0.25, 0.3) is 0 Å². The van der Waals surface area contributed by atoms with Gasteiger partial charge in [-0.3, -0.25) is 0 Å². The summed E-state index contributed by atoms with van der Waals surface area (Å²) < 4.78 is 7.48. The summed E-state index contributed by atoms with van der Waals surface area (Å²) in [5.74, 6) is 3.26. The van der Waals surface area contributed by atoms with Gasteiger partial charge in [0.2, 0.25) is 5.82 Å². The summed E-state index contributed by atoms with van der Waals surface area (Å²) >= 11 is 3.55. The SMILES string of the molecule is Cc1nc(C)c(-c2ccc(C34CC3CN(CCCSc3nnc(-c5ocnc5C)n3C)C4)cc2)s1. The number of aryl methyl sites for hydroxylation is 3. The third kappa shape index (κ3) is 4.13. The fourth-order valence-electron chi connectivity index (χ4n) is 5.56. The molecule has 0 amide bonds. The number of oxazole rings is 1. The molecule has 2 aliphatic rings. The highest BCUT2D eigenvalue weighted by Crippen LogP contribution is 2.59. The van der Waals surface area contributed by atoms with Gasteiger partial charge >= 0.3 is 0 Å². The Morgan fingerprint density at radius 1 is 1.14 bits per heavy atom. The summed E-state index contributed by atoms with van der Waals surface area (Å²) in [6.07, 6.45) is 3.93. The highest BCUT2D eigenvalue weighted by Gasteiger charge is 2.60. The zero-order valence-electron chi connectivity index (χ0n) is 20.6. The number of likely N-dealkylation sites (tertiary alicyclic amines) is 1. The van der Waals surface area contributed by atoms with Gasteiger partial charge in [-0.2, -0.15) is 0 Å². The summed E-state index contributed by atoms with van der Waals surface area (Å²) in [6.45, 7) is 9.65. The molecule has 4 aromatic rings. The molecule has 0 radical (unpaired) electrons. The van der Waals surface area contributed by atoms with E-state index < -0.39 is 0 Å². The van der Waals surface area contributed by atoms with Crippen LogP contribution in [0.15, 0.2) is 40.2 Å². The van der Waals surface area contributed by atoms with E-state index in [0.717, 1.165) is 52.0 Å². The zero-order valence-corrected chi connectivity index (χ0v) is 22.2. The monoisotopic (exact) mass is 506 g/mol. The largest absolute Gasteiger partial charge is 0.440 e. The minimum absolute atomic E-state index is 0.373. The average Bonchev–Trinajstić information content (AvgIpc) is 3.25. The molecule has 0 spiro atoms. The van der Waals surface area contributed by atoms with Crippen LogP contribution in [0.3, 0.4) is 0 Å². The van der Waals surface area contributed by atoms with Crippen LogP contribution in [0.25, 0.3) is 22.0 Å². The molecular weight excluding hydrogens is 476 g/mol. The van der Waals surface area contributed by atoms with Crippen LogP contribution in [0.5, 0.6) is 0 Å². The number of rotatable bonds is 8. The van der Waals surface area contributed by atoms with Crippen LogP contribution in [0.2, 0.25) is 0 Å². The number of benzene rings is 1. The van der Waals surface area contributed by atoms with Crippen LogP contribution >= 0.6 is 23.1 Å².